The van der Waals surface area contributed by atoms with Crippen LogP contribution in [-0.2, 0) is 19.5 Å². The number of aryl methyl sites for hydroxylation is 2. The van der Waals surface area contributed by atoms with Crippen molar-refractivity contribution in [2.45, 2.75) is 33.4 Å². The minimum Gasteiger partial charge on any atom is -0.292 e. The maximum atomic E-state index is 12.6. The summed E-state index contributed by atoms with van der Waals surface area (Å²) in [6, 6.07) is 16.5. The molecule has 3 aromatic rings. The average Bonchev–Trinajstić information content (AvgIpc) is 2.80. The number of hydrogen-bond acceptors (Lipinski definition) is 1. The lowest BCUT2D eigenvalue weighted by Crippen LogP contribution is -2.24. The van der Waals surface area contributed by atoms with Gasteiger partial charge in [0.05, 0.1) is 17.6 Å². The summed E-state index contributed by atoms with van der Waals surface area (Å²) in [7, 11) is 0. The molecule has 0 aliphatic rings. The molecule has 0 spiro atoms. The third-order valence-corrected chi connectivity index (χ3v) is 4.01. The Morgan fingerprint density at radius 1 is 0.810 bits per heavy atom. The molecule has 0 fully saturated rings. The first-order valence-corrected chi connectivity index (χ1v) is 7.50. The summed E-state index contributed by atoms with van der Waals surface area (Å²) >= 11 is 0. The van der Waals surface area contributed by atoms with Crippen LogP contribution in [0.1, 0.15) is 25.0 Å². The van der Waals surface area contributed by atoms with Crippen LogP contribution in [0.15, 0.2) is 53.3 Å². The SMILES string of the molecule is CCc1ccc(Cn2c(=O)n(CC)c3ccccc32)cc1. The van der Waals surface area contributed by atoms with Crippen molar-refractivity contribution in [2.24, 2.45) is 0 Å². The third-order valence-electron chi connectivity index (χ3n) is 4.01. The number of nitrogens with zero attached hydrogens (tertiary/aromatic N) is 2. The monoisotopic (exact) mass is 280 g/mol. The fraction of sp³-hybridized carbons (Fsp3) is 0.278. The summed E-state index contributed by atoms with van der Waals surface area (Å²) in [6.07, 6.45) is 1.04. The van der Waals surface area contributed by atoms with E-state index in [9.17, 15) is 4.79 Å². The Labute approximate surface area is 124 Å². The number of hydrogen-bond donors (Lipinski definition) is 0. The number of imidazole rings is 1. The Morgan fingerprint density at radius 3 is 1.95 bits per heavy atom. The number of fused-ring (bicyclic) bond motifs is 1. The molecule has 3 nitrogen and oxygen atoms in total. The van der Waals surface area contributed by atoms with Crippen LogP contribution in [-0.4, -0.2) is 9.13 Å². The molecule has 0 aliphatic heterocycles. The number of benzene rings is 2. The van der Waals surface area contributed by atoms with Crippen molar-refractivity contribution in [1.82, 2.24) is 9.13 Å². The molecule has 0 radical (unpaired) electrons. The molecule has 1 heterocycles. The molecule has 2 aromatic carbocycles. The first-order valence-electron chi connectivity index (χ1n) is 7.50. The van der Waals surface area contributed by atoms with Gasteiger partial charge >= 0.3 is 5.69 Å². The first kappa shape index (κ1) is 13.7. The van der Waals surface area contributed by atoms with Crippen molar-refractivity contribution in [3.63, 3.8) is 0 Å². The molecule has 3 heteroatoms. The van der Waals surface area contributed by atoms with E-state index >= 15 is 0 Å². The molecule has 0 N–H and O–H groups in total. The van der Waals surface area contributed by atoms with E-state index in [-0.39, 0.29) is 5.69 Å². The highest BCUT2D eigenvalue weighted by Gasteiger charge is 2.11. The maximum absolute atomic E-state index is 12.6. The number of aromatic nitrogens is 2. The topological polar surface area (TPSA) is 26.9 Å². The van der Waals surface area contributed by atoms with Crippen LogP contribution < -0.4 is 5.69 Å². The quantitative estimate of drug-likeness (QED) is 0.719. The van der Waals surface area contributed by atoms with Gasteiger partial charge in [0.1, 0.15) is 0 Å². The van der Waals surface area contributed by atoms with E-state index in [1.807, 2.05) is 40.3 Å². The molecule has 21 heavy (non-hydrogen) atoms. The zero-order chi connectivity index (χ0) is 14.8. The molecular weight excluding hydrogens is 260 g/mol. The largest absolute Gasteiger partial charge is 0.329 e. The lowest BCUT2D eigenvalue weighted by Gasteiger charge is -2.05. The van der Waals surface area contributed by atoms with Gasteiger partial charge in [-0.1, -0.05) is 43.3 Å². The zero-order valence-electron chi connectivity index (χ0n) is 12.5. The second-order valence-corrected chi connectivity index (χ2v) is 5.27. The van der Waals surface area contributed by atoms with E-state index in [0.29, 0.717) is 13.1 Å². The van der Waals surface area contributed by atoms with Gasteiger partial charge in [0, 0.05) is 6.54 Å². The predicted octanol–water partition coefficient (Wildman–Crippen LogP) is 3.43. The lowest BCUT2D eigenvalue weighted by atomic mass is 10.1. The molecule has 108 valence electrons. The highest BCUT2D eigenvalue weighted by Crippen LogP contribution is 2.15. The van der Waals surface area contributed by atoms with Gasteiger partial charge in [-0.15, -0.1) is 0 Å². The van der Waals surface area contributed by atoms with Gasteiger partial charge in [-0.2, -0.15) is 0 Å². The van der Waals surface area contributed by atoms with Crippen LogP contribution in [0, 0.1) is 0 Å². The van der Waals surface area contributed by atoms with Crippen LogP contribution in [0.4, 0.5) is 0 Å². The van der Waals surface area contributed by atoms with Gasteiger partial charge in [-0.3, -0.25) is 9.13 Å². The molecule has 0 aliphatic carbocycles. The van der Waals surface area contributed by atoms with Gasteiger partial charge < -0.3 is 0 Å². The Hall–Kier alpha value is -2.29. The Morgan fingerprint density at radius 2 is 1.38 bits per heavy atom. The fourth-order valence-corrected chi connectivity index (χ4v) is 2.79. The van der Waals surface area contributed by atoms with Crippen molar-refractivity contribution >= 4 is 11.0 Å². The predicted molar refractivity (Wildman–Crippen MR) is 86.8 cm³/mol. The molecule has 3 rings (SSSR count). The minimum absolute atomic E-state index is 0.0678. The van der Waals surface area contributed by atoms with Crippen LogP contribution >= 0.6 is 0 Å². The van der Waals surface area contributed by atoms with Crippen LogP contribution in [0.5, 0.6) is 0 Å². The minimum atomic E-state index is 0.0678. The van der Waals surface area contributed by atoms with Gasteiger partial charge in [0.25, 0.3) is 0 Å². The summed E-state index contributed by atoms with van der Waals surface area (Å²) in [5.74, 6) is 0. The van der Waals surface area contributed by atoms with Gasteiger partial charge in [-0.25, -0.2) is 4.79 Å². The molecule has 0 bridgehead atoms. The van der Waals surface area contributed by atoms with Crippen molar-refractivity contribution in [3.05, 3.63) is 70.1 Å². The van der Waals surface area contributed by atoms with E-state index < -0.39 is 0 Å². The summed E-state index contributed by atoms with van der Waals surface area (Å²) in [4.78, 5) is 12.6. The van der Waals surface area contributed by atoms with E-state index in [0.717, 1.165) is 23.0 Å². The average molecular weight is 280 g/mol. The summed E-state index contributed by atoms with van der Waals surface area (Å²) in [5.41, 5.74) is 4.56. The smallest absolute Gasteiger partial charge is 0.292 e. The summed E-state index contributed by atoms with van der Waals surface area (Å²) in [6.45, 7) is 5.47. The molecule has 0 saturated heterocycles. The normalized spacial score (nSPS) is 11.1. The zero-order valence-corrected chi connectivity index (χ0v) is 12.5. The Balaban J connectivity index is 2.07. The Bertz CT molecular complexity index is 809. The molecule has 0 atom stereocenters. The van der Waals surface area contributed by atoms with Gasteiger partial charge in [0.2, 0.25) is 0 Å². The molecular formula is C18H20N2O. The standard InChI is InChI=1S/C18H20N2O/c1-3-14-9-11-15(12-10-14)13-20-17-8-6-5-7-16(17)19(4-2)18(20)21/h5-12H,3-4,13H2,1-2H3. The van der Waals surface area contributed by atoms with E-state index in [2.05, 4.69) is 31.2 Å². The van der Waals surface area contributed by atoms with E-state index in [1.54, 1.807) is 0 Å². The van der Waals surface area contributed by atoms with Gasteiger partial charge in [-0.05, 0) is 36.6 Å². The van der Waals surface area contributed by atoms with Crippen molar-refractivity contribution in [1.29, 1.82) is 0 Å². The van der Waals surface area contributed by atoms with E-state index in [1.165, 1.54) is 5.56 Å². The van der Waals surface area contributed by atoms with Crippen LogP contribution in [0.2, 0.25) is 0 Å². The summed E-state index contributed by atoms with van der Waals surface area (Å²) < 4.78 is 3.69. The van der Waals surface area contributed by atoms with Gasteiger partial charge in [0.15, 0.2) is 0 Å². The Kier molecular flexibility index (Phi) is 3.65. The van der Waals surface area contributed by atoms with Crippen molar-refractivity contribution in [3.8, 4) is 0 Å². The molecule has 0 saturated carbocycles. The number of rotatable bonds is 4. The number of para-hydroxylation sites is 2. The highest BCUT2D eigenvalue weighted by atomic mass is 16.1. The first-order chi connectivity index (χ1) is 10.2. The molecule has 0 unspecified atom stereocenters. The summed E-state index contributed by atoms with van der Waals surface area (Å²) in [5, 5.41) is 0. The van der Waals surface area contributed by atoms with Crippen molar-refractivity contribution < 1.29 is 0 Å². The fourth-order valence-electron chi connectivity index (χ4n) is 2.79. The van der Waals surface area contributed by atoms with Crippen molar-refractivity contribution in [2.75, 3.05) is 0 Å². The highest BCUT2D eigenvalue weighted by molar-refractivity contribution is 5.76. The maximum Gasteiger partial charge on any atom is 0.329 e. The molecule has 1 aromatic heterocycles. The molecule has 0 amide bonds. The third kappa shape index (κ3) is 2.40. The lowest BCUT2D eigenvalue weighted by molar-refractivity contribution is 0.684. The second kappa shape index (κ2) is 5.60. The van der Waals surface area contributed by atoms with Crippen LogP contribution in [0.25, 0.3) is 11.0 Å². The van der Waals surface area contributed by atoms with Crippen LogP contribution in [0.3, 0.4) is 0 Å². The van der Waals surface area contributed by atoms with E-state index in [4.69, 9.17) is 0 Å². The second-order valence-electron chi connectivity index (χ2n) is 5.27.